The number of carbonyl (C=O) groups excluding carboxylic acids is 1. The van der Waals surface area contributed by atoms with E-state index in [2.05, 4.69) is 20.8 Å². The number of carbonyl (C=O) groups is 1. The van der Waals surface area contributed by atoms with Gasteiger partial charge in [0.05, 0.1) is 17.3 Å². The molecule has 112 valence electrons. The van der Waals surface area contributed by atoms with Crippen LogP contribution in [0.3, 0.4) is 0 Å². The van der Waals surface area contributed by atoms with Crippen LogP contribution in [0.25, 0.3) is 0 Å². The van der Waals surface area contributed by atoms with Gasteiger partial charge in [0.25, 0.3) is 0 Å². The molecule has 7 nitrogen and oxygen atoms in total. The van der Waals surface area contributed by atoms with Crippen molar-refractivity contribution in [2.75, 3.05) is 17.6 Å². The van der Waals surface area contributed by atoms with Gasteiger partial charge in [-0.3, -0.25) is 4.79 Å². The molecule has 0 fully saturated rings. The summed E-state index contributed by atoms with van der Waals surface area (Å²) in [4.78, 5) is 11.8. The standard InChI is InChI=1S/C12H15ClN6OS/c13-9-3-1-2-4-10(9)15-11(20)5-8-21-12-16-17-18-19(12)7-6-14/h1-4H,5-8,14H2,(H,15,20). The SMILES string of the molecule is NCCn1nnnc1SCCC(=O)Nc1ccccc1Cl. The Morgan fingerprint density at radius 3 is 3.00 bits per heavy atom. The van der Waals surface area contributed by atoms with Gasteiger partial charge in [0.1, 0.15) is 0 Å². The molecule has 0 unspecified atom stereocenters. The fourth-order valence-corrected chi connectivity index (χ4v) is 2.60. The number of aromatic nitrogens is 4. The molecule has 0 saturated heterocycles. The second kappa shape index (κ2) is 7.96. The summed E-state index contributed by atoms with van der Waals surface area (Å²) in [5.74, 6) is 0.467. The number of hydrogen-bond acceptors (Lipinski definition) is 6. The third-order valence-electron chi connectivity index (χ3n) is 2.55. The van der Waals surface area contributed by atoms with Crippen molar-refractivity contribution in [3.05, 3.63) is 29.3 Å². The average Bonchev–Trinajstić information content (AvgIpc) is 2.89. The third kappa shape index (κ3) is 4.69. The molecule has 0 spiro atoms. The minimum Gasteiger partial charge on any atom is -0.329 e. The topological polar surface area (TPSA) is 98.7 Å². The molecule has 1 amide bonds. The Morgan fingerprint density at radius 2 is 2.24 bits per heavy atom. The highest BCUT2D eigenvalue weighted by Crippen LogP contribution is 2.21. The van der Waals surface area contributed by atoms with Crippen LogP contribution in [0.1, 0.15) is 6.42 Å². The van der Waals surface area contributed by atoms with Crippen molar-refractivity contribution < 1.29 is 4.79 Å². The van der Waals surface area contributed by atoms with Crippen LogP contribution in [-0.4, -0.2) is 38.4 Å². The second-order valence-electron chi connectivity index (χ2n) is 4.10. The number of para-hydroxylation sites is 1. The fraction of sp³-hybridized carbons (Fsp3) is 0.333. The molecule has 3 N–H and O–H groups in total. The summed E-state index contributed by atoms with van der Waals surface area (Å²) in [7, 11) is 0. The lowest BCUT2D eigenvalue weighted by Gasteiger charge is -2.06. The van der Waals surface area contributed by atoms with Crippen molar-refractivity contribution >= 4 is 35.0 Å². The molecule has 0 atom stereocenters. The van der Waals surface area contributed by atoms with Crippen molar-refractivity contribution in [2.24, 2.45) is 5.73 Å². The van der Waals surface area contributed by atoms with E-state index in [1.54, 1.807) is 16.8 Å². The molecule has 2 rings (SSSR count). The van der Waals surface area contributed by atoms with E-state index in [0.717, 1.165) is 0 Å². The summed E-state index contributed by atoms with van der Waals surface area (Å²) in [6.45, 7) is 1.02. The molecule has 0 saturated carbocycles. The molecule has 9 heteroatoms. The molecule has 0 radical (unpaired) electrons. The molecule has 0 aliphatic carbocycles. The molecular formula is C12H15ClN6OS. The van der Waals surface area contributed by atoms with Gasteiger partial charge in [-0.1, -0.05) is 35.5 Å². The minimum absolute atomic E-state index is 0.103. The zero-order valence-electron chi connectivity index (χ0n) is 11.2. The second-order valence-corrected chi connectivity index (χ2v) is 5.57. The van der Waals surface area contributed by atoms with Gasteiger partial charge in [-0.05, 0) is 22.6 Å². The van der Waals surface area contributed by atoms with Crippen LogP contribution in [-0.2, 0) is 11.3 Å². The van der Waals surface area contributed by atoms with Crippen LogP contribution in [0.5, 0.6) is 0 Å². The van der Waals surface area contributed by atoms with Crippen LogP contribution in [0.15, 0.2) is 29.4 Å². The first kappa shape index (κ1) is 15.7. The Hall–Kier alpha value is -1.64. The Bertz CT molecular complexity index is 605. The average molecular weight is 327 g/mol. The maximum absolute atomic E-state index is 11.8. The first-order chi connectivity index (χ1) is 10.2. The van der Waals surface area contributed by atoms with Crippen molar-refractivity contribution in [1.82, 2.24) is 20.2 Å². The van der Waals surface area contributed by atoms with Crippen molar-refractivity contribution in [3.63, 3.8) is 0 Å². The number of nitrogens with one attached hydrogen (secondary N) is 1. The van der Waals surface area contributed by atoms with Crippen molar-refractivity contribution in [3.8, 4) is 0 Å². The molecule has 2 aromatic rings. The molecule has 0 bridgehead atoms. The van der Waals surface area contributed by atoms with E-state index >= 15 is 0 Å². The number of amides is 1. The fourth-order valence-electron chi connectivity index (χ4n) is 1.57. The van der Waals surface area contributed by atoms with E-state index in [4.69, 9.17) is 17.3 Å². The molecular weight excluding hydrogens is 312 g/mol. The van der Waals surface area contributed by atoms with E-state index < -0.39 is 0 Å². The largest absolute Gasteiger partial charge is 0.329 e. The first-order valence-electron chi connectivity index (χ1n) is 6.34. The van der Waals surface area contributed by atoms with Gasteiger partial charge < -0.3 is 11.1 Å². The summed E-state index contributed by atoms with van der Waals surface area (Å²) in [6, 6.07) is 7.12. The predicted molar refractivity (Wildman–Crippen MR) is 82.3 cm³/mol. The summed E-state index contributed by atoms with van der Waals surface area (Å²) >= 11 is 7.39. The van der Waals surface area contributed by atoms with Crippen LogP contribution in [0.2, 0.25) is 5.02 Å². The van der Waals surface area contributed by atoms with Gasteiger partial charge in [-0.15, -0.1) is 5.10 Å². The first-order valence-corrected chi connectivity index (χ1v) is 7.70. The maximum atomic E-state index is 11.8. The quantitative estimate of drug-likeness (QED) is 0.746. The van der Waals surface area contributed by atoms with E-state index in [0.29, 0.717) is 41.1 Å². The van der Waals surface area contributed by atoms with Gasteiger partial charge in [-0.2, -0.15) is 0 Å². The van der Waals surface area contributed by atoms with Crippen LogP contribution >= 0.6 is 23.4 Å². The maximum Gasteiger partial charge on any atom is 0.225 e. The van der Waals surface area contributed by atoms with Crippen molar-refractivity contribution in [1.29, 1.82) is 0 Å². The van der Waals surface area contributed by atoms with Crippen LogP contribution in [0.4, 0.5) is 5.69 Å². The van der Waals surface area contributed by atoms with E-state index in [-0.39, 0.29) is 5.91 Å². The molecule has 0 aliphatic rings. The van der Waals surface area contributed by atoms with Gasteiger partial charge in [-0.25, -0.2) is 4.68 Å². The predicted octanol–water partition coefficient (Wildman–Crippen LogP) is 1.41. The molecule has 1 aromatic carbocycles. The number of nitrogens with two attached hydrogens (primary N) is 1. The van der Waals surface area contributed by atoms with E-state index in [1.807, 2.05) is 12.1 Å². The van der Waals surface area contributed by atoms with Gasteiger partial charge >= 0.3 is 0 Å². The highest BCUT2D eigenvalue weighted by atomic mass is 35.5. The Morgan fingerprint density at radius 1 is 1.43 bits per heavy atom. The number of hydrogen-bond donors (Lipinski definition) is 2. The number of benzene rings is 1. The monoisotopic (exact) mass is 326 g/mol. The summed E-state index contributed by atoms with van der Waals surface area (Å²) in [5, 5.41) is 15.2. The summed E-state index contributed by atoms with van der Waals surface area (Å²) in [5.41, 5.74) is 6.08. The number of tetrazole rings is 1. The minimum atomic E-state index is -0.103. The molecule has 1 aromatic heterocycles. The third-order valence-corrected chi connectivity index (χ3v) is 3.84. The lowest BCUT2D eigenvalue weighted by molar-refractivity contribution is -0.115. The number of halogens is 1. The Balaban J connectivity index is 1.79. The van der Waals surface area contributed by atoms with Gasteiger partial charge in [0, 0.05) is 18.7 Å². The summed E-state index contributed by atoms with van der Waals surface area (Å²) in [6.07, 6.45) is 0.339. The lowest BCUT2D eigenvalue weighted by Crippen LogP contribution is -2.14. The van der Waals surface area contributed by atoms with Crippen molar-refractivity contribution in [2.45, 2.75) is 18.1 Å². The Kier molecular flexibility index (Phi) is 5.97. The summed E-state index contributed by atoms with van der Waals surface area (Å²) < 4.78 is 1.62. The normalized spacial score (nSPS) is 10.6. The van der Waals surface area contributed by atoms with Gasteiger partial charge in [0.2, 0.25) is 11.1 Å². The molecule has 0 aliphatic heterocycles. The highest BCUT2D eigenvalue weighted by molar-refractivity contribution is 7.99. The zero-order valence-corrected chi connectivity index (χ0v) is 12.8. The zero-order chi connectivity index (χ0) is 15.1. The molecule has 1 heterocycles. The number of anilines is 1. The Labute approximate surface area is 131 Å². The van der Waals surface area contributed by atoms with Gasteiger partial charge in [0.15, 0.2) is 0 Å². The molecule has 21 heavy (non-hydrogen) atoms. The number of rotatable bonds is 7. The highest BCUT2D eigenvalue weighted by Gasteiger charge is 2.09. The van der Waals surface area contributed by atoms with Crippen LogP contribution in [0, 0.1) is 0 Å². The number of nitrogens with zero attached hydrogens (tertiary/aromatic N) is 4. The van der Waals surface area contributed by atoms with E-state index in [9.17, 15) is 4.79 Å². The van der Waals surface area contributed by atoms with Crippen LogP contribution < -0.4 is 11.1 Å². The lowest BCUT2D eigenvalue weighted by atomic mass is 10.3. The smallest absolute Gasteiger partial charge is 0.225 e. The van der Waals surface area contributed by atoms with E-state index in [1.165, 1.54) is 11.8 Å². The number of thioether (sulfide) groups is 1.